The minimum Gasteiger partial charge on any atom is -0.480 e. The van der Waals surface area contributed by atoms with Crippen molar-refractivity contribution in [3.8, 4) is 0 Å². The quantitative estimate of drug-likeness (QED) is 0.208. The normalized spacial score (nSPS) is 13.0. The summed E-state index contributed by atoms with van der Waals surface area (Å²) in [5.41, 5.74) is 10.6. The summed E-state index contributed by atoms with van der Waals surface area (Å²) in [7, 11) is 0. The fourth-order valence-electron chi connectivity index (χ4n) is 2.22. The van der Waals surface area contributed by atoms with Gasteiger partial charge in [0.05, 0.1) is 13.1 Å². The van der Waals surface area contributed by atoms with Gasteiger partial charge in [-0.2, -0.15) is 0 Å². The maximum absolute atomic E-state index is 12.4. The molecule has 0 rings (SSSR count). The lowest BCUT2D eigenvalue weighted by atomic mass is 10.0. The lowest BCUT2D eigenvalue weighted by molar-refractivity contribution is -0.142. The summed E-state index contributed by atoms with van der Waals surface area (Å²) in [4.78, 5) is 46.8. The second-order valence-electron chi connectivity index (χ2n) is 6.41. The van der Waals surface area contributed by atoms with Crippen molar-refractivity contribution >= 4 is 23.7 Å². The number of amides is 3. The van der Waals surface area contributed by atoms with E-state index < -0.39 is 35.8 Å². The Hall–Kier alpha value is -2.20. The maximum Gasteiger partial charge on any atom is 0.326 e. The molecule has 2 atom stereocenters. The van der Waals surface area contributed by atoms with Crippen molar-refractivity contribution < 1.29 is 24.3 Å². The molecule has 0 saturated carbocycles. The van der Waals surface area contributed by atoms with Crippen LogP contribution in [0.1, 0.15) is 39.5 Å². The van der Waals surface area contributed by atoms with Crippen LogP contribution in [-0.4, -0.2) is 60.5 Å². The molecule has 26 heavy (non-hydrogen) atoms. The standard InChI is InChI=1S/C16H31N5O5/c1-10(2)7-12(16(25)26)21-15(24)11(5-3-4-6-17)20-14(23)9-19-13(22)8-18/h10-12H,3-9,17-18H2,1-2H3,(H,19,22)(H,20,23)(H,21,24)(H,25,26). The van der Waals surface area contributed by atoms with Gasteiger partial charge in [-0.25, -0.2) is 4.79 Å². The number of nitrogens with one attached hydrogen (secondary N) is 3. The van der Waals surface area contributed by atoms with E-state index in [0.29, 0.717) is 25.8 Å². The zero-order chi connectivity index (χ0) is 20.1. The maximum atomic E-state index is 12.4. The monoisotopic (exact) mass is 373 g/mol. The third-order valence-electron chi connectivity index (χ3n) is 3.55. The average molecular weight is 373 g/mol. The summed E-state index contributed by atoms with van der Waals surface area (Å²) in [6.07, 6.45) is 1.84. The second kappa shape index (κ2) is 13.1. The van der Waals surface area contributed by atoms with E-state index in [1.807, 2.05) is 13.8 Å². The molecule has 0 aliphatic heterocycles. The topological polar surface area (TPSA) is 177 Å². The van der Waals surface area contributed by atoms with Gasteiger partial charge in [-0.3, -0.25) is 14.4 Å². The Morgan fingerprint density at radius 1 is 0.962 bits per heavy atom. The molecular weight excluding hydrogens is 342 g/mol. The molecule has 0 fully saturated rings. The lowest BCUT2D eigenvalue weighted by Gasteiger charge is -2.22. The van der Waals surface area contributed by atoms with Crippen molar-refractivity contribution in [2.24, 2.45) is 17.4 Å². The van der Waals surface area contributed by atoms with E-state index in [1.165, 1.54) is 0 Å². The number of hydrogen-bond acceptors (Lipinski definition) is 6. The first kappa shape index (κ1) is 23.8. The number of carboxylic acid groups (broad SMARTS) is 1. The Balaban J connectivity index is 4.86. The van der Waals surface area contributed by atoms with Crippen LogP contribution < -0.4 is 27.4 Å². The van der Waals surface area contributed by atoms with Crippen molar-refractivity contribution in [1.82, 2.24) is 16.0 Å². The van der Waals surface area contributed by atoms with E-state index in [-0.39, 0.29) is 25.4 Å². The molecule has 150 valence electrons. The number of carbonyl (C=O) groups is 4. The van der Waals surface area contributed by atoms with Gasteiger partial charge in [0.25, 0.3) is 0 Å². The van der Waals surface area contributed by atoms with E-state index in [2.05, 4.69) is 16.0 Å². The van der Waals surface area contributed by atoms with Crippen LogP contribution in [0.4, 0.5) is 0 Å². The molecule has 0 aromatic carbocycles. The van der Waals surface area contributed by atoms with Crippen molar-refractivity contribution in [2.75, 3.05) is 19.6 Å². The number of carboxylic acids is 1. The highest BCUT2D eigenvalue weighted by molar-refractivity contribution is 5.92. The number of rotatable bonds is 13. The third-order valence-corrected chi connectivity index (χ3v) is 3.55. The molecule has 8 N–H and O–H groups in total. The lowest BCUT2D eigenvalue weighted by Crippen LogP contribution is -2.53. The van der Waals surface area contributed by atoms with Gasteiger partial charge in [0.1, 0.15) is 12.1 Å². The molecule has 10 nitrogen and oxygen atoms in total. The number of nitrogens with two attached hydrogens (primary N) is 2. The first-order valence-electron chi connectivity index (χ1n) is 8.70. The van der Waals surface area contributed by atoms with Crippen LogP contribution in [0.3, 0.4) is 0 Å². The zero-order valence-corrected chi connectivity index (χ0v) is 15.4. The number of unbranched alkanes of at least 4 members (excludes halogenated alkanes) is 1. The summed E-state index contributed by atoms with van der Waals surface area (Å²) in [6, 6.07) is -1.94. The molecule has 0 radical (unpaired) electrons. The molecule has 0 aromatic heterocycles. The molecule has 0 aliphatic carbocycles. The van der Waals surface area contributed by atoms with E-state index >= 15 is 0 Å². The zero-order valence-electron chi connectivity index (χ0n) is 15.4. The third kappa shape index (κ3) is 10.6. The molecule has 0 saturated heterocycles. The fourth-order valence-corrected chi connectivity index (χ4v) is 2.22. The highest BCUT2D eigenvalue weighted by Crippen LogP contribution is 2.07. The van der Waals surface area contributed by atoms with Gasteiger partial charge >= 0.3 is 5.97 Å². The van der Waals surface area contributed by atoms with Crippen LogP contribution in [0.2, 0.25) is 0 Å². The highest BCUT2D eigenvalue weighted by atomic mass is 16.4. The van der Waals surface area contributed by atoms with E-state index in [9.17, 15) is 24.3 Å². The summed E-state index contributed by atoms with van der Waals surface area (Å²) >= 11 is 0. The number of hydrogen-bond donors (Lipinski definition) is 6. The number of carbonyl (C=O) groups excluding carboxylic acids is 3. The Kier molecular flexibility index (Phi) is 12.0. The van der Waals surface area contributed by atoms with Gasteiger partial charge in [-0.1, -0.05) is 13.8 Å². The van der Waals surface area contributed by atoms with E-state index in [0.717, 1.165) is 0 Å². The predicted molar refractivity (Wildman–Crippen MR) is 95.9 cm³/mol. The summed E-state index contributed by atoms with van der Waals surface area (Å²) in [6.45, 7) is 3.58. The van der Waals surface area contributed by atoms with Crippen molar-refractivity contribution in [1.29, 1.82) is 0 Å². The molecule has 3 amide bonds. The largest absolute Gasteiger partial charge is 0.480 e. The molecule has 10 heteroatoms. The van der Waals surface area contributed by atoms with Gasteiger partial charge in [0.15, 0.2) is 0 Å². The van der Waals surface area contributed by atoms with E-state index in [4.69, 9.17) is 11.5 Å². The minimum absolute atomic E-state index is 0.0770. The van der Waals surface area contributed by atoms with Crippen molar-refractivity contribution in [3.05, 3.63) is 0 Å². The van der Waals surface area contributed by atoms with Crippen LogP contribution >= 0.6 is 0 Å². The summed E-state index contributed by atoms with van der Waals surface area (Å²) in [5, 5.41) is 16.5. The van der Waals surface area contributed by atoms with Crippen LogP contribution in [-0.2, 0) is 19.2 Å². The molecule has 0 heterocycles. The molecule has 0 spiro atoms. The Labute approximate surface area is 153 Å². The Morgan fingerprint density at radius 3 is 2.12 bits per heavy atom. The van der Waals surface area contributed by atoms with Gasteiger partial charge in [0.2, 0.25) is 17.7 Å². The van der Waals surface area contributed by atoms with Gasteiger partial charge in [-0.05, 0) is 38.1 Å². The van der Waals surface area contributed by atoms with Crippen molar-refractivity contribution in [2.45, 2.75) is 51.6 Å². The first-order valence-corrected chi connectivity index (χ1v) is 8.70. The van der Waals surface area contributed by atoms with Crippen LogP contribution in [0, 0.1) is 5.92 Å². The smallest absolute Gasteiger partial charge is 0.326 e. The SMILES string of the molecule is CC(C)CC(NC(=O)C(CCCCN)NC(=O)CNC(=O)CN)C(=O)O. The van der Waals surface area contributed by atoms with Crippen LogP contribution in [0.15, 0.2) is 0 Å². The molecule has 0 aliphatic rings. The summed E-state index contributed by atoms with van der Waals surface area (Å²) < 4.78 is 0. The van der Waals surface area contributed by atoms with Gasteiger partial charge < -0.3 is 32.5 Å². The number of aliphatic carboxylic acids is 1. The van der Waals surface area contributed by atoms with Crippen LogP contribution in [0.25, 0.3) is 0 Å². The van der Waals surface area contributed by atoms with E-state index in [1.54, 1.807) is 0 Å². The fraction of sp³-hybridized carbons (Fsp3) is 0.750. The Bertz CT molecular complexity index is 484. The predicted octanol–water partition coefficient (Wildman–Crippen LogP) is -1.71. The first-order chi connectivity index (χ1) is 12.2. The molecular formula is C16H31N5O5. The van der Waals surface area contributed by atoms with Gasteiger partial charge in [-0.15, -0.1) is 0 Å². The minimum atomic E-state index is -1.13. The van der Waals surface area contributed by atoms with Crippen LogP contribution in [0.5, 0.6) is 0 Å². The molecule has 0 bridgehead atoms. The second-order valence-corrected chi connectivity index (χ2v) is 6.41. The Morgan fingerprint density at radius 2 is 1.62 bits per heavy atom. The van der Waals surface area contributed by atoms with Gasteiger partial charge in [0, 0.05) is 0 Å². The average Bonchev–Trinajstić information content (AvgIpc) is 2.57. The highest BCUT2D eigenvalue weighted by Gasteiger charge is 2.26. The molecule has 2 unspecified atom stereocenters. The molecule has 0 aromatic rings. The van der Waals surface area contributed by atoms with Crippen molar-refractivity contribution in [3.63, 3.8) is 0 Å². The summed E-state index contributed by atoms with van der Waals surface area (Å²) in [5.74, 6) is -2.68.